The van der Waals surface area contributed by atoms with Crippen LogP contribution in [0.1, 0.15) is 41.3 Å². The lowest BCUT2D eigenvalue weighted by Crippen LogP contribution is -2.20. The highest BCUT2D eigenvalue weighted by molar-refractivity contribution is 5.94. The summed E-state index contributed by atoms with van der Waals surface area (Å²) in [7, 11) is 1.61. The first-order valence-corrected chi connectivity index (χ1v) is 11.2. The number of aromatic hydroxyl groups is 2. The van der Waals surface area contributed by atoms with Gasteiger partial charge in [0.1, 0.15) is 35.0 Å². The molecule has 4 rings (SSSR count). The molecule has 0 unspecified atom stereocenters. The third kappa shape index (κ3) is 6.09. The smallest absolute Gasteiger partial charge is 0.342 e. The van der Waals surface area contributed by atoms with Crippen LogP contribution in [0.4, 0.5) is 0 Å². The summed E-state index contributed by atoms with van der Waals surface area (Å²) in [5.41, 5.74) is 5.00. The maximum Gasteiger partial charge on any atom is 0.342 e. The number of hydrogen-bond donors (Lipinski definition) is 3. The van der Waals surface area contributed by atoms with Crippen molar-refractivity contribution in [2.45, 2.75) is 51.1 Å². The predicted molar refractivity (Wildman–Crippen MR) is 124 cm³/mol. The van der Waals surface area contributed by atoms with Crippen LogP contribution in [0, 0.1) is 0 Å². The van der Waals surface area contributed by atoms with Gasteiger partial charge in [-0.3, -0.25) is 10.3 Å². The van der Waals surface area contributed by atoms with Crippen molar-refractivity contribution in [1.82, 2.24) is 5.48 Å². The molecule has 1 saturated heterocycles. The zero-order valence-corrected chi connectivity index (χ0v) is 19.2. The molecule has 0 radical (unpaired) electrons. The first kappa shape index (κ1) is 23.7. The van der Waals surface area contributed by atoms with Crippen molar-refractivity contribution in [3.63, 3.8) is 0 Å². The maximum atomic E-state index is 12.9. The minimum Gasteiger partial charge on any atom is -0.508 e. The highest BCUT2D eigenvalue weighted by Gasteiger charge is 2.38. The van der Waals surface area contributed by atoms with E-state index < -0.39 is 5.97 Å². The number of cyclic esters (lactones) is 1. The van der Waals surface area contributed by atoms with Crippen molar-refractivity contribution in [2.75, 3.05) is 7.11 Å². The van der Waals surface area contributed by atoms with Gasteiger partial charge >= 0.3 is 5.97 Å². The van der Waals surface area contributed by atoms with Gasteiger partial charge in [0.15, 0.2) is 0 Å². The summed E-state index contributed by atoms with van der Waals surface area (Å²) < 4.78 is 16.4. The first-order chi connectivity index (χ1) is 16.4. The molecule has 2 heterocycles. The number of hydroxylamine groups is 1. The van der Waals surface area contributed by atoms with Gasteiger partial charge in [-0.25, -0.2) is 4.79 Å². The number of methoxy groups -OCH3 is 1. The van der Waals surface area contributed by atoms with Crippen molar-refractivity contribution in [2.24, 2.45) is 0 Å². The van der Waals surface area contributed by atoms with Crippen LogP contribution in [0.25, 0.3) is 0 Å². The number of benzene rings is 2. The van der Waals surface area contributed by atoms with Crippen LogP contribution < -0.4 is 10.2 Å². The summed E-state index contributed by atoms with van der Waals surface area (Å²) in [4.78, 5) is 18.6. The molecule has 3 atom stereocenters. The maximum absolute atomic E-state index is 12.9. The largest absolute Gasteiger partial charge is 0.508 e. The number of carbonyl (C=O) groups is 1. The van der Waals surface area contributed by atoms with Crippen molar-refractivity contribution >= 4 is 5.97 Å². The second-order valence-electron chi connectivity index (χ2n) is 8.40. The van der Waals surface area contributed by atoms with Gasteiger partial charge in [-0.15, -0.1) is 0 Å². The van der Waals surface area contributed by atoms with E-state index in [4.69, 9.17) is 19.0 Å². The molecule has 34 heavy (non-hydrogen) atoms. The highest BCUT2D eigenvalue weighted by Crippen LogP contribution is 2.32. The fraction of sp³-hybridized carbons (Fsp3) is 0.346. The number of esters is 1. The fourth-order valence-electron chi connectivity index (χ4n) is 3.89. The summed E-state index contributed by atoms with van der Waals surface area (Å²) in [6, 6.07) is 10.1. The molecule has 8 heteroatoms. The van der Waals surface area contributed by atoms with Crippen molar-refractivity contribution in [1.29, 1.82) is 0 Å². The van der Waals surface area contributed by atoms with E-state index in [0.29, 0.717) is 30.7 Å². The van der Waals surface area contributed by atoms with E-state index in [9.17, 15) is 15.0 Å². The van der Waals surface area contributed by atoms with Gasteiger partial charge in [0, 0.05) is 24.6 Å². The Kier molecular flexibility index (Phi) is 7.40. The Morgan fingerprint density at radius 2 is 1.97 bits per heavy atom. The third-order valence-corrected chi connectivity index (χ3v) is 5.69. The minimum absolute atomic E-state index is 0.00396. The molecule has 1 fully saturated rings. The van der Waals surface area contributed by atoms with E-state index in [2.05, 4.69) is 5.48 Å². The summed E-state index contributed by atoms with van der Waals surface area (Å²) in [5, 5.41) is 20.5. The van der Waals surface area contributed by atoms with E-state index in [1.807, 2.05) is 42.5 Å². The number of epoxide rings is 1. The molecular formula is C26H29NO7. The molecule has 2 aromatic rings. The molecule has 0 bridgehead atoms. The predicted octanol–water partition coefficient (Wildman–Crippen LogP) is 3.92. The van der Waals surface area contributed by atoms with Crippen LogP contribution in [0.2, 0.25) is 0 Å². The van der Waals surface area contributed by atoms with Gasteiger partial charge in [-0.05, 0) is 42.7 Å². The lowest BCUT2D eigenvalue weighted by Gasteiger charge is -2.17. The monoisotopic (exact) mass is 467 g/mol. The van der Waals surface area contributed by atoms with Crippen LogP contribution >= 0.6 is 0 Å². The summed E-state index contributed by atoms with van der Waals surface area (Å²) in [5.74, 6) is -0.371. The van der Waals surface area contributed by atoms with Gasteiger partial charge in [-0.1, -0.05) is 30.4 Å². The van der Waals surface area contributed by atoms with Crippen LogP contribution in [0.3, 0.4) is 0 Å². The second kappa shape index (κ2) is 10.6. The molecule has 0 aromatic heterocycles. The lowest BCUT2D eigenvalue weighted by atomic mass is 10.0. The zero-order valence-electron chi connectivity index (χ0n) is 19.2. The second-order valence-corrected chi connectivity index (χ2v) is 8.40. The number of phenolic OH excluding ortho intramolecular Hbond substituents is 2. The molecule has 180 valence electrons. The number of allylic oxidation sites excluding steroid dienone is 3. The Labute approximate surface area is 198 Å². The molecule has 0 saturated carbocycles. The van der Waals surface area contributed by atoms with Gasteiger partial charge in [-0.2, -0.15) is 0 Å². The SMILES string of the molecule is COc1ccc(CON/C2=C/C/C=C\[C@H]3O[C@@H]3C[C@@H](C)OC(=O)c3c(O)cc(O)cc3C2)cc1. The number of phenols is 2. The standard InChI is InChI=1S/C26H29NO7/c1-16-11-24-23(34-24)6-4-3-5-19(27-32-15-17-7-9-21(31-2)10-8-17)12-18-13-20(28)14-22(29)25(18)26(30)33-16/h4-10,13-14,16,23-24,27-29H,3,11-12,15H2,1-2H3/b6-4-,19-5+/t16-,23-,24-/m1/s1. The summed E-state index contributed by atoms with van der Waals surface area (Å²) >= 11 is 0. The molecule has 3 N–H and O–H groups in total. The number of carbonyl (C=O) groups excluding carboxylic acids is 1. The molecule has 0 aliphatic carbocycles. The fourth-order valence-corrected chi connectivity index (χ4v) is 3.89. The molecular weight excluding hydrogens is 438 g/mol. The van der Waals surface area contributed by atoms with E-state index in [1.54, 1.807) is 14.0 Å². The molecule has 0 amide bonds. The Balaban J connectivity index is 1.55. The van der Waals surface area contributed by atoms with E-state index in [-0.39, 0.29) is 41.8 Å². The van der Waals surface area contributed by atoms with Crippen LogP contribution in [-0.2, 0) is 27.3 Å². The van der Waals surface area contributed by atoms with Gasteiger partial charge in [0.05, 0.1) is 19.8 Å². The molecule has 2 aliphatic heterocycles. The van der Waals surface area contributed by atoms with Crippen molar-refractivity contribution < 1.29 is 34.1 Å². The quantitative estimate of drug-likeness (QED) is 0.263. The minimum atomic E-state index is -0.650. The summed E-state index contributed by atoms with van der Waals surface area (Å²) in [6.07, 6.45) is 6.95. The summed E-state index contributed by atoms with van der Waals surface area (Å²) in [6.45, 7) is 2.09. The number of nitrogens with one attached hydrogen (secondary N) is 1. The lowest BCUT2D eigenvalue weighted by molar-refractivity contribution is 0.0304. The number of rotatable bonds is 5. The first-order valence-electron chi connectivity index (χ1n) is 11.2. The Bertz CT molecular complexity index is 1080. The van der Waals surface area contributed by atoms with Crippen LogP contribution in [0.5, 0.6) is 17.2 Å². The van der Waals surface area contributed by atoms with E-state index in [1.165, 1.54) is 6.07 Å². The Morgan fingerprint density at radius 3 is 2.74 bits per heavy atom. The molecule has 2 aromatic carbocycles. The normalized spacial score (nSPS) is 24.9. The number of hydrogen-bond acceptors (Lipinski definition) is 8. The topological polar surface area (TPSA) is 110 Å². The van der Waals surface area contributed by atoms with Gasteiger partial charge in [0.2, 0.25) is 0 Å². The van der Waals surface area contributed by atoms with Crippen molar-refractivity contribution in [3.8, 4) is 17.2 Å². The molecule has 0 spiro atoms. The number of ether oxygens (including phenoxy) is 3. The van der Waals surface area contributed by atoms with Crippen LogP contribution in [-0.4, -0.2) is 41.6 Å². The average molecular weight is 468 g/mol. The highest BCUT2D eigenvalue weighted by atomic mass is 16.6. The van der Waals surface area contributed by atoms with Crippen molar-refractivity contribution in [3.05, 3.63) is 77.0 Å². The van der Waals surface area contributed by atoms with Gasteiger partial charge in [0.25, 0.3) is 0 Å². The zero-order chi connectivity index (χ0) is 24.1. The molecule has 2 aliphatic rings. The third-order valence-electron chi connectivity index (χ3n) is 5.69. The van der Waals surface area contributed by atoms with E-state index >= 15 is 0 Å². The molecule has 8 nitrogen and oxygen atoms in total. The van der Waals surface area contributed by atoms with E-state index in [0.717, 1.165) is 17.4 Å². The Hall–Kier alpha value is -3.49. The average Bonchev–Trinajstić information content (AvgIpc) is 3.53. The van der Waals surface area contributed by atoms with Gasteiger partial charge < -0.3 is 24.4 Å². The number of fused-ring (bicyclic) bond motifs is 2. The Morgan fingerprint density at radius 1 is 1.18 bits per heavy atom. The van der Waals surface area contributed by atoms with Crippen LogP contribution in [0.15, 0.2) is 60.3 Å².